The van der Waals surface area contributed by atoms with Crippen LogP contribution in [0.15, 0.2) is 28.8 Å². The van der Waals surface area contributed by atoms with Gasteiger partial charge in [-0.3, -0.25) is 4.79 Å². The molecule has 1 heterocycles. The number of nitrogens with one attached hydrogen (secondary N) is 1. The number of rotatable bonds is 4. The van der Waals surface area contributed by atoms with Gasteiger partial charge in [-0.2, -0.15) is 4.98 Å². The van der Waals surface area contributed by atoms with Crippen LogP contribution in [-0.2, 0) is 4.79 Å². The molecule has 5 nitrogen and oxygen atoms in total. The van der Waals surface area contributed by atoms with Crippen LogP contribution >= 0.6 is 11.6 Å². The van der Waals surface area contributed by atoms with Crippen molar-refractivity contribution in [3.63, 3.8) is 0 Å². The number of carbonyl (C=O) groups is 1. The smallest absolute Gasteiger partial charge is 0.260 e. The zero-order chi connectivity index (χ0) is 13.8. The van der Waals surface area contributed by atoms with E-state index in [1.807, 2.05) is 18.2 Å². The maximum Gasteiger partial charge on any atom is 0.260 e. The largest absolute Gasteiger partial charge is 0.334 e. The van der Waals surface area contributed by atoms with Crippen LogP contribution in [0.25, 0.3) is 11.5 Å². The number of aryl methyl sites for hydroxylation is 1. The van der Waals surface area contributed by atoms with E-state index in [1.165, 1.54) is 0 Å². The van der Waals surface area contributed by atoms with E-state index in [0.29, 0.717) is 23.0 Å². The Labute approximate surface area is 116 Å². The predicted octanol–water partition coefficient (Wildman–Crippen LogP) is 2.86. The van der Waals surface area contributed by atoms with Gasteiger partial charge < -0.3 is 9.84 Å². The number of halogens is 1. The summed E-state index contributed by atoms with van der Waals surface area (Å²) in [7, 11) is 0. The summed E-state index contributed by atoms with van der Waals surface area (Å²) in [5.41, 5.74) is 1.33. The molecule has 2 aromatic rings. The summed E-state index contributed by atoms with van der Waals surface area (Å²) in [6, 6.07) is 7.27. The highest BCUT2D eigenvalue weighted by Gasteiger charge is 2.16. The Morgan fingerprint density at radius 2 is 2.21 bits per heavy atom. The van der Waals surface area contributed by atoms with E-state index in [0.717, 1.165) is 0 Å². The summed E-state index contributed by atoms with van der Waals surface area (Å²) in [5, 5.41) is 6.56. The average molecular weight is 280 g/mol. The second kappa shape index (κ2) is 5.84. The van der Waals surface area contributed by atoms with E-state index in [2.05, 4.69) is 15.5 Å². The fourth-order valence-electron chi connectivity index (χ4n) is 1.51. The summed E-state index contributed by atoms with van der Waals surface area (Å²) < 4.78 is 5.12. The van der Waals surface area contributed by atoms with Crippen LogP contribution in [-0.4, -0.2) is 21.9 Å². The lowest BCUT2D eigenvalue weighted by Gasteiger charge is -2.11. The SMILES string of the molecule is Cc1noc(-c2ccccc2NC(=O)C(C)CCl)n1. The van der Waals surface area contributed by atoms with Crippen molar-refractivity contribution in [1.29, 1.82) is 0 Å². The van der Waals surface area contributed by atoms with Gasteiger partial charge in [-0.1, -0.05) is 24.2 Å². The zero-order valence-electron chi connectivity index (χ0n) is 10.7. The number of alkyl halides is 1. The van der Waals surface area contributed by atoms with E-state index in [9.17, 15) is 4.79 Å². The Morgan fingerprint density at radius 3 is 2.84 bits per heavy atom. The molecule has 1 atom stereocenters. The Hall–Kier alpha value is -1.88. The lowest BCUT2D eigenvalue weighted by molar-refractivity contribution is -0.118. The Balaban J connectivity index is 2.29. The summed E-state index contributed by atoms with van der Waals surface area (Å²) in [6.07, 6.45) is 0. The quantitative estimate of drug-likeness (QED) is 0.874. The average Bonchev–Trinajstić information content (AvgIpc) is 2.85. The van der Waals surface area contributed by atoms with Crippen LogP contribution in [0.1, 0.15) is 12.7 Å². The van der Waals surface area contributed by atoms with Gasteiger partial charge in [0.1, 0.15) is 0 Å². The van der Waals surface area contributed by atoms with Crippen molar-refractivity contribution in [3.05, 3.63) is 30.1 Å². The van der Waals surface area contributed by atoms with Gasteiger partial charge in [-0.05, 0) is 19.1 Å². The first kappa shape index (κ1) is 13.5. The van der Waals surface area contributed by atoms with Gasteiger partial charge in [0.05, 0.1) is 11.3 Å². The number of nitrogens with zero attached hydrogens (tertiary/aromatic N) is 2. The van der Waals surface area contributed by atoms with E-state index in [4.69, 9.17) is 16.1 Å². The highest BCUT2D eigenvalue weighted by molar-refractivity contribution is 6.19. The molecule has 6 heteroatoms. The molecule has 1 amide bonds. The fraction of sp³-hybridized carbons (Fsp3) is 0.308. The third-order valence-corrected chi connectivity index (χ3v) is 3.08. The van der Waals surface area contributed by atoms with Crippen molar-refractivity contribution in [3.8, 4) is 11.5 Å². The van der Waals surface area contributed by atoms with Crippen LogP contribution in [0.3, 0.4) is 0 Å². The summed E-state index contributed by atoms with van der Waals surface area (Å²) >= 11 is 5.67. The maximum absolute atomic E-state index is 11.9. The van der Waals surface area contributed by atoms with Crippen LogP contribution in [0.4, 0.5) is 5.69 Å². The number of amides is 1. The molecule has 1 aromatic heterocycles. The van der Waals surface area contributed by atoms with E-state index >= 15 is 0 Å². The van der Waals surface area contributed by atoms with Gasteiger partial charge >= 0.3 is 0 Å². The molecule has 1 unspecified atom stereocenters. The number of hydrogen-bond donors (Lipinski definition) is 1. The molecule has 0 bridgehead atoms. The number of para-hydroxylation sites is 1. The monoisotopic (exact) mass is 279 g/mol. The van der Waals surface area contributed by atoms with Crippen molar-refractivity contribution < 1.29 is 9.32 Å². The molecular formula is C13H14ClN3O2. The highest BCUT2D eigenvalue weighted by atomic mass is 35.5. The number of aromatic nitrogens is 2. The summed E-state index contributed by atoms with van der Waals surface area (Å²) in [5.74, 6) is 0.795. The molecule has 2 rings (SSSR count). The van der Waals surface area contributed by atoms with Crippen LogP contribution in [0.5, 0.6) is 0 Å². The molecule has 0 fully saturated rings. The Bertz CT molecular complexity index is 583. The molecule has 0 spiro atoms. The molecule has 1 aromatic carbocycles. The molecule has 0 aliphatic carbocycles. The minimum absolute atomic E-state index is 0.140. The molecule has 0 saturated heterocycles. The van der Waals surface area contributed by atoms with Crippen molar-refractivity contribution in [1.82, 2.24) is 10.1 Å². The third-order valence-electron chi connectivity index (χ3n) is 2.62. The topological polar surface area (TPSA) is 68.0 Å². The summed E-state index contributed by atoms with van der Waals surface area (Å²) in [6.45, 7) is 3.51. The summed E-state index contributed by atoms with van der Waals surface area (Å²) in [4.78, 5) is 16.0. The van der Waals surface area contributed by atoms with Crippen LogP contribution in [0, 0.1) is 12.8 Å². The van der Waals surface area contributed by atoms with Crippen LogP contribution < -0.4 is 5.32 Å². The number of benzene rings is 1. The minimum atomic E-state index is -0.265. The standard InChI is InChI=1S/C13H14ClN3O2/c1-8(7-14)12(18)16-11-6-4-3-5-10(11)13-15-9(2)17-19-13/h3-6,8H,7H2,1-2H3,(H,16,18). The molecular weight excluding hydrogens is 266 g/mol. The highest BCUT2D eigenvalue weighted by Crippen LogP contribution is 2.26. The van der Waals surface area contributed by atoms with Crippen molar-refractivity contribution in [2.45, 2.75) is 13.8 Å². The van der Waals surface area contributed by atoms with Crippen molar-refractivity contribution in [2.75, 3.05) is 11.2 Å². The zero-order valence-corrected chi connectivity index (χ0v) is 11.4. The number of hydrogen-bond acceptors (Lipinski definition) is 4. The van der Waals surface area contributed by atoms with Gasteiger partial charge in [0.2, 0.25) is 5.91 Å². The number of anilines is 1. The molecule has 0 aliphatic rings. The molecule has 1 N–H and O–H groups in total. The van der Waals surface area contributed by atoms with Crippen LogP contribution in [0.2, 0.25) is 0 Å². The van der Waals surface area contributed by atoms with Crippen molar-refractivity contribution >= 4 is 23.2 Å². The Kier molecular flexibility index (Phi) is 4.16. The van der Waals surface area contributed by atoms with E-state index in [1.54, 1.807) is 19.9 Å². The van der Waals surface area contributed by atoms with Gasteiger partial charge in [0.15, 0.2) is 5.82 Å². The fourth-order valence-corrected chi connectivity index (χ4v) is 1.65. The first-order valence-electron chi connectivity index (χ1n) is 5.88. The normalized spacial score (nSPS) is 12.2. The van der Waals surface area contributed by atoms with Gasteiger partial charge in [0, 0.05) is 11.8 Å². The second-order valence-electron chi connectivity index (χ2n) is 4.24. The molecule has 19 heavy (non-hydrogen) atoms. The van der Waals surface area contributed by atoms with Gasteiger partial charge in [0.25, 0.3) is 5.89 Å². The molecule has 0 radical (unpaired) electrons. The molecule has 0 aliphatic heterocycles. The third kappa shape index (κ3) is 3.12. The maximum atomic E-state index is 11.9. The molecule has 0 saturated carbocycles. The lowest BCUT2D eigenvalue weighted by atomic mass is 10.1. The van der Waals surface area contributed by atoms with E-state index in [-0.39, 0.29) is 17.7 Å². The Morgan fingerprint density at radius 1 is 1.47 bits per heavy atom. The predicted molar refractivity (Wildman–Crippen MR) is 73.0 cm³/mol. The lowest BCUT2D eigenvalue weighted by Crippen LogP contribution is -2.21. The van der Waals surface area contributed by atoms with Crippen molar-refractivity contribution in [2.24, 2.45) is 5.92 Å². The second-order valence-corrected chi connectivity index (χ2v) is 4.55. The van der Waals surface area contributed by atoms with E-state index < -0.39 is 0 Å². The van der Waals surface area contributed by atoms with Gasteiger partial charge in [-0.25, -0.2) is 0 Å². The van der Waals surface area contributed by atoms with Gasteiger partial charge in [-0.15, -0.1) is 11.6 Å². The minimum Gasteiger partial charge on any atom is -0.334 e. The first-order chi connectivity index (χ1) is 9.11. The molecule has 100 valence electrons. The first-order valence-corrected chi connectivity index (χ1v) is 6.42. The number of carbonyl (C=O) groups excluding carboxylic acids is 1.